The van der Waals surface area contributed by atoms with E-state index in [0.29, 0.717) is 0 Å². The molecule has 0 aliphatic heterocycles. The van der Waals surface area contributed by atoms with Gasteiger partial charge >= 0.3 is 0 Å². The van der Waals surface area contributed by atoms with Gasteiger partial charge in [0.25, 0.3) is 0 Å². The standard InChI is InChI=1S/C17H17N.C2H6/c1-3-7-13-10-11-17-15(12-13)14-8-5-6-9-16(14)18(17)4-2;1-2/h3,5-12H,4H2,1-2H3;1-2H3/b7-3+;. The molecule has 0 amide bonds. The van der Waals surface area contributed by atoms with Gasteiger partial charge in [-0.1, -0.05) is 50.3 Å². The average molecular weight is 265 g/mol. The minimum atomic E-state index is 1.01. The topological polar surface area (TPSA) is 4.93 Å². The largest absolute Gasteiger partial charge is 0.341 e. The highest BCUT2D eigenvalue weighted by Crippen LogP contribution is 2.29. The summed E-state index contributed by atoms with van der Waals surface area (Å²) in [5.74, 6) is 0. The van der Waals surface area contributed by atoms with Gasteiger partial charge in [0.1, 0.15) is 0 Å². The molecule has 0 radical (unpaired) electrons. The molecule has 0 saturated carbocycles. The fourth-order valence-electron chi connectivity index (χ4n) is 2.71. The summed E-state index contributed by atoms with van der Waals surface area (Å²) in [6.45, 7) is 9.26. The van der Waals surface area contributed by atoms with Crippen LogP contribution in [0.4, 0.5) is 0 Å². The van der Waals surface area contributed by atoms with Gasteiger partial charge in [-0.15, -0.1) is 0 Å². The molecule has 2 aromatic carbocycles. The lowest BCUT2D eigenvalue weighted by Crippen LogP contribution is -1.92. The Balaban J connectivity index is 0.000000704. The van der Waals surface area contributed by atoms with E-state index >= 15 is 0 Å². The Morgan fingerprint density at radius 3 is 2.35 bits per heavy atom. The van der Waals surface area contributed by atoms with Crippen molar-refractivity contribution in [3.63, 3.8) is 0 Å². The fraction of sp³-hybridized carbons (Fsp3) is 0.263. The SMILES string of the molecule is C/C=C/c1ccc2c(c1)c1ccccc1n2CC.CC. The first-order chi connectivity index (χ1) is 9.85. The van der Waals surface area contributed by atoms with Gasteiger partial charge in [-0.05, 0) is 37.6 Å². The van der Waals surface area contributed by atoms with Crippen LogP contribution < -0.4 is 0 Å². The molecule has 1 nitrogen and oxygen atoms in total. The van der Waals surface area contributed by atoms with E-state index in [-0.39, 0.29) is 0 Å². The van der Waals surface area contributed by atoms with Gasteiger partial charge in [0.05, 0.1) is 0 Å². The molecule has 3 aromatic rings. The first kappa shape index (κ1) is 14.4. The van der Waals surface area contributed by atoms with E-state index in [9.17, 15) is 0 Å². The Morgan fingerprint density at radius 1 is 0.950 bits per heavy atom. The molecule has 1 heterocycles. The highest BCUT2D eigenvalue weighted by atomic mass is 15.0. The van der Waals surface area contributed by atoms with E-state index in [4.69, 9.17) is 0 Å². The minimum absolute atomic E-state index is 1.01. The second-order valence-electron chi connectivity index (χ2n) is 4.54. The van der Waals surface area contributed by atoms with Crippen LogP contribution in [0.5, 0.6) is 0 Å². The van der Waals surface area contributed by atoms with Crippen molar-refractivity contribution >= 4 is 27.9 Å². The molecule has 0 atom stereocenters. The normalized spacial score (nSPS) is 11.0. The van der Waals surface area contributed by atoms with Crippen molar-refractivity contribution in [2.24, 2.45) is 0 Å². The molecule has 0 unspecified atom stereocenters. The van der Waals surface area contributed by atoms with E-state index in [1.165, 1.54) is 27.4 Å². The van der Waals surface area contributed by atoms with Crippen LogP contribution >= 0.6 is 0 Å². The van der Waals surface area contributed by atoms with Gasteiger partial charge < -0.3 is 4.57 Å². The third-order valence-electron chi connectivity index (χ3n) is 3.47. The molecule has 0 saturated heterocycles. The predicted octanol–water partition coefficient (Wildman–Crippen LogP) is 5.87. The molecule has 0 aliphatic carbocycles. The first-order valence-electron chi connectivity index (χ1n) is 7.49. The van der Waals surface area contributed by atoms with Crippen LogP contribution in [0.3, 0.4) is 0 Å². The van der Waals surface area contributed by atoms with Crippen LogP contribution in [0.25, 0.3) is 27.9 Å². The first-order valence-corrected chi connectivity index (χ1v) is 7.49. The van der Waals surface area contributed by atoms with Crippen LogP contribution in [0.1, 0.15) is 33.3 Å². The number of allylic oxidation sites excluding steroid dienone is 1. The van der Waals surface area contributed by atoms with Crippen LogP contribution in [-0.2, 0) is 6.54 Å². The maximum Gasteiger partial charge on any atom is 0.0491 e. The smallest absolute Gasteiger partial charge is 0.0491 e. The van der Waals surface area contributed by atoms with E-state index in [1.807, 2.05) is 13.8 Å². The van der Waals surface area contributed by atoms with Gasteiger partial charge in [-0.2, -0.15) is 0 Å². The lowest BCUT2D eigenvalue weighted by atomic mass is 10.1. The molecule has 0 fully saturated rings. The van der Waals surface area contributed by atoms with Gasteiger partial charge in [0.15, 0.2) is 0 Å². The van der Waals surface area contributed by atoms with Gasteiger partial charge in [0.2, 0.25) is 0 Å². The average Bonchev–Trinajstić information content (AvgIpc) is 2.83. The molecule has 0 aliphatic rings. The summed E-state index contributed by atoms with van der Waals surface area (Å²) in [5, 5.41) is 2.70. The third-order valence-corrected chi connectivity index (χ3v) is 3.47. The summed E-state index contributed by atoms with van der Waals surface area (Å²) in [6, 6.07) is 15.3. The molecule has 104 valence electrons. The Hall–Kier alpha value is -2.02. The van der Waals surface area contributed by atoms with E-state index in [1.54, 1.807) is 0 Å². The maximum atomic E-state index is 2.38. The summed E-state index contributed by atoms with van der Waals surface area (Å²) in [5.41, 5.74) is 3.92. The molecule has 20 heavy (non-hydrogen) atoms. The van der Waals surface area contributed by atoms with E-state index < -0.39 is 0 Å². The molecule has 0 spiro atoms. The predicted molar refractivity (Wildman–Crippen MR) is 91.2 cm³/mol. The Kier molecular flexibility index (Phi) is 4.62. The van der Waals surface area contributed by atoms with Crippen molar-refractivity contribution in [2.75, 3.05) is 0 Å². The highest BCUT2D eigenvalue weighted by molar-refractivity contribution is 6.08. The molecule has 0 bridgehead atoms. The monoisotopic (exact) mass is 265 g/mol. The molecule has 0 N–H and O–H groups in total. The highest BCUT2D eigenvalue weighted by Gasteiger charge is 2.08. The molecular weight excluding hydrogens is 242 g/mol. The molecule has 3 rings (SSSR count). The quantitative estimate of drug-likeness (QED) is 0.545. The summed E-state index contributed by atoms with van der Waals surface area (Å²) in [6.07, 6.45) is 4.23. The number of rotatable bonds is 2. The molecule has 1 heteroatoms. The summed E-state index contributed by atoms with van der Waals surface area (Å²) < 4.78 is 2.38. The van der Waals surface area contributed by atoms with Crippen LogP contribution in [0.2, 0.25) is 0 Å². The van der Waals surface area contributed by atoms with Crippen molar-refractivity contribution in [1.29, 1.82) is 0 Å². The number of benzene rings is 2. The number of hydrogen-bond acceptors (Lipinski definition) is 0. The summed E-state index contributed by atoms with van der Waals surface area (Å²) >= 11 is 0. The number of aromatic nitrogens is 1. The van der Waals surface area contributed by atoms with Crippen LogP contribution in [0, 0.1) is 0 Å². The number of para-hydroxylation sites is 1. The van der Waals surface area contributed by atoms with Gasteiger partial charge in [-0.25, -0.2) is 0 Å². The zero-order chi connectivity index (χ0) is 14.5. The molecular formula is C19H23N. The maximum absolute atomic E-state index is 2.38. The lowest BCUT2D eigenvalue weighted by molar-refractivity contribution is 0.827. The molecule has 1 aromatic heterocycles. The second-order valence-corrected chi connectivity index (χ2v) is 4.54. The zero-order valence-corrected chi connectivity index (χ0v) is 12.9. The van der Waals surface area contributed by atoms with Crippen molar-refractivity contribution in [1.82, 2.24) is 4.57 Å². The third kappa shape index (κ3) is 2.36. The van der Waals surface area contributed by atoms with Gasteiger partial charge in [-0.3, -0.25) is 0 Å². The van der Waals surface area contributed by atoms with E-state index in [2.05, 4.69) is 73.0 Å². The number of fused-ring (bicyclic) bond motifs is 3. The Labute approximate surface area is 121 Å². The number of hydrogen-bond donors (Lipinski definition) is 0. The number of nitrogens with zero attached hydrogens (tertiary/aromatic N) is 1. The second kappa shape index (κ2) is 6.42. The summed E-state index contributed by atoms with van der Waals surface area (Å²) in [7, 11) is 0. The summed E-state index contributed by atoms with van der Waals surface area (Å²) in [4.78, 5) is 0. The van der Waals surface area contributed by atoms with E-state index in [0.717, 1.165) is 6.54 Å². The van der Waals surface area contributed by atoms with Crippen molar-refractivity contribution in [2.45, 2.75) is 34.2 Å². The van der Waals surface area contributed by atoms with Crippen molar-refractivity contribution in [3.05, 3.63) is 54.1 Å². The lowest BCUT2D eigenvalue weighted by Gasteiger charge is -2.02. The number of aryl methyl sites for hydroxylation is 1. The van der Waals surface area contributed by atoms with Crippen molar-refractivity contribution in [3.8, 4) is 0 Å². The van der Waals surface area contributed by atoms with Crippen LogP contribution in [0.15, 0.2) is 48.5 Å². The Bertz CT molecular complexity index is 732. The zero-order valence-electron chi connectivity index (χ0n) is 12.9. The fourth-order valence-corrected chi connectivity index (χ4v) is 2.71. The Morgan fingerprint density at radius 2 is 1.65 bits per heavy atom. The van der Waals surface area contributed by atoms with Crippen LogP contribution in [-0.4, -0.2) is 4.57 Å². The van der Waals surface area contributed by atoms with Crippen molar-refractivity contribution < 1.29 is 0 Å². The minimum Gasteiger partial charge on any atom is -0.341 e. The van der Waals surface area contributed by atoms with Gasteiger partial charge in [0, 0.05) is 28.4 Å².